The highest BCUT2D eigenvalue weighted by Crippen LogP contribution is 2.31. The molecule has 0 bridgehead atoms. The van der Waals surface area contributed by atoms with E-state index in [1.807, 2.05) is 6.20 Å². The summed E-state index contributed by atoms with van der Waals surface area (Å²) in [6, 6.07) is 2.69. The zero-order chi connectivity index (χ0) is 11.4. The van der Waals surface area contributed by atoms with Crippen molar-refractivity contribution in [1.29, 1.82) is 0 Å². The van der Waals surface area contributed by atoms with Crippen LogP contribution in [0.4, 0.5) is 5.82 Å². The molecule has 1 fully saturated rings. The van der Waals surface area contributed by atoms with Crippen LogP contribution in [0.1, 0.15) is 46.0 Å². The van der Waals surface area contributed by atoms with Crippen LogP contribution in [0.25, 0.3) is 0 Å². The lowest BCUT2D eigenvalue weighted by Gasteiger charge is -2.18. The zero-order valence-electron chi connectivity index (χ0n) is 10.4. The standard InChI is InChI=1S/C13H23N3/c1-3-5-12(4-2)15-13-8-9-14-16(13)10-11-6-7-11/h8-9,11-12,15H,3-7,10H2,1-2H3. The van der Waals surface area contributed by atoms with E-state index in [2.05, 4.69) is 35.0 Å². The lowest BCUT2D eigenvalue weighted by molar-refractivity contribution is 0.553. The molecule has 1 aromatic rings. The van der Waals surface area contributed by atoms with Crippen molar-refractivity contribution in [3.63, 3.8) is 0 Å². The maximum Gasteiger partial charge on any atom is 0.124 e. The third-order valence-electron chi connectivity index (χ3n) is 3.33. The number of aromatic nitrogens is 2. The molecule has 3 heteroatoms. The summed E-state index contributed by atoms with van der Waals surface area (Å²) in [6.07, 6.45) is 8.33. The fourth-order valence-corrected chi connectivity index (χ4v) is 2.08. The largest absolute Gasteiger partial charge is 0.368 e. The number of hydrogen-bond donors (Lipinski definition) is 1. The summed E-state index contributed by atoms with van der Waals surface area (Å²) in [5, 5.41) is 8.01. The van der Waals surface area contributed by atoms with E-state index < -0.39 is 0 Å². The summed E-state index contributed by atoms with van der Waals surface area (Å²) in [4.78, 5) is 0. The van der Waals surface area contributed by atoms with Gasteiger partial charge in [0.05, 0.1) is 6.20 Å². The molecule has 1 heterocycles. The molecule has 1 aliphatic rings. The van der Waals surface area contributed by atoms with Crippen LogP contribution in [0.2, 0.25) is 0 Å². The van der Waals surface area contributed by atoms with Crippen LogP contribution in [0, 0.1) is 5.92 Å². The van der Waals surface area contributed by atoms with E-state index in [1.165, 1.54) is 37.9 Å². The zero-order valence-corrected chi connectivity index (χ0v) is 10.4. The summed E-state index contributed by atoms with van der Waals surface area (Å²) in [7, 11) is 0. The summed E-state index contributed by atoms with van der Waals surface area (Å²) < 4.78 is 2.13. The summed E-state index contributed by atoms with van der Waals surface area (Å²) in [5.41, 5.74) is 0. The molecule has 1 unspecified atom stereocenters. The Bertz CT molecular complexity index is 315. The van der Waals surface area contributed by atoms with Crippen molar-refractivity contribution < 1.29 is 0 Å². The number of nitrogens with zero attached hydrogens (tertiary/aromatic N) is 2. The molecule has 2 rings (SSSR count). The van der Waals surface area contributed by atoms with E-state index in [9.17, 15) is 0 Å². The van der Waals surface area contributed by atoms with Crippen LogP contribution in [-0.4, -0.2) is 15.8 Å². The highest BCUT2D eigenvalue weighted by Gasteiger charge is 2.23. The molecule has 1 aromatic heterocycles. The Morgan fingerprint density at radius 1 is 1.50 bits per heavy atom. The lowest BCUT2D eigenvalue weighted by Crippen LogP contribution is -2.20. The van der Waals surface area contributed by atoms with Crippen molar-refractivity contribution >= 4 is 5.82 Å². The Hall–Kier alpha value is -0.990. The summed E-state index contributed by atoms with van der Waals surface area (Å²) >= 11 is 0. The molecule has 0 radical (unpaired) electrons. The number of anilines is 1. The van der Waals surface area contributed by atoms with Gasteiger partial charge in [-0.3, -0.25) is 0 Å². The topological polar surface area (TPSA) is 29.9 Å². The first-order chi connectivity index (χ1) is 7.83. The Labute approximate surface area is 98.2 Å². The highest BCUT2D eigenvalue weighted by atomic mass is 15.3. The molecule has 0 amide bonds. The van der Waals surface area contributed by atoms with Gasteiger partial charge in [-0.25, -0.2) is 4.68 Å². The molecule has 0 aromatic carbocycles. The quantitative estimate of drug-likeness (QED) is 0.765. The fraction of sp³-hybridized carbons (Fsp3) is 0.769. The van der Waals surface area contributed by atoms with Crippen molar-refractivity contribution in [3.05, 3.63) is 12.3 Å². The van der Waals surface area contributed by atoms with Crippen molar-refractivity contribution in [2.75, 3.05) is 5.32 Å². The third-order valence-corrected chi connectivity index (χ3v) is 3.33. The first-order valence-electron chi connectivity index (χ1n) is 6.61. The van der Waals surface area contributed by atoms with E-state index in [0.717, 1.165) is 12.5 Å². The molecule has 3 nitrogen and oxygen atoms in total. The second kappa shape index (κ2) is 5.37. The van der Waals surface area contributed by atoms with Crippen LogP contribution in [0.3, 0.4) is 0 Å². The maximum absolute atomic E-state index is 4.40. The number of nitrogens with one attached hydrogen (secondary N) is 1. The minimum absolute atomic E-state index is 0.597. The first kappa shape index (κ1) is 11.5. The second-order valence-corrected chi connectivity index (χ2v) is 4.88. The van der Waals surface area contributed by atoms with Gasteiger partial charge in [0.1, 0.15) is 5.82 Å². The van der Waals surface area contributed by atoms with Crippen LogP contribution >= 0.6 is 0 Å². The van der Waals surface area contributed by atoms with Crippen LogP contribution in [-0.2, 0) is 6.54 Å². The molecule has 1 aliphatic carbocycles. The molecule has 16 heavy (non-hydrogen) atoms. The minimum atomic E-state index is 0.597. The number of rotatable bonds is 7. The van der Waals surface area contributed by atoms with E-state index in [4.69, 9.17) is 0 Å². The highest BCUT2D eigenvalue weighted by molar-refractivity contribution is 5.35. The van der Waals surface area contributed by atoms with E-state index in [-0.39, 0.29) is 0 Å². The fourth-order valence-electron chi connectivity index (χ4n) is 2.08. The van der Waals surface area contributed by atoms with Gasteiger partial charge in [0.2, 0.25) is 0 Å². The van der Waals surface area contributed by atoms with Gasteiger partial charge in [0.15, 0.2) is 0 Å². The van der Waals surface area contributed by atoms with Gasteiger partial charge < -0.3 is 5.32 Å². The lowest BCUT2D eigenvalue weighted by atomic mass is 10.1. The molecule has 90 valence electrons. The van der Waals surface area contributed by atoms with Gasteiger partial charge >= 0.3 is 0 Å². The molecule has 0 saturated heterocycles. The van der Waals surface area contributed by atoms with Crippen LogP contribution < -0.4 is 5.32 Å². The molecule has 1 atom stereocenters. The molecule has 0 spiro atoms. The predicted molar refractivity (Wildman–Crippen MR) is 67.6 cm³/mol. The monoisotopic (exact) mass is 221 g/mol. The summed E-state index contributed by atoms with van der Waals surface area (Å²) in [5.74, 6) is 2.08. The minimum Gasteiger partial charge on any atom is -0.368 e. The normalized spacial score (nSPS) is 17.4. The smallest absolute Gasteiger partial charge is 0.124 e. The van der Waals surface area contributed by atoms with Crippen molar-refractivity contribution in [2.45, 2.75) is 58.5 Å². The molecule has 1 N–H and O–H groups in total. The van der Waals surface area contributed by atoms with Crippen molar-refractivity contribution in [2.24, 2.45) is 5.92 Å². The average Bonchev–Trinajstić information content (AvgIpc) is 2.99. The van der Waals surface area contributed by atoms with Gasteiger partial charge in [-0.15, -0.1) is 0 Å². The molecular weight excluding hydrogens is 198 g/mol. The maximum atomic E-state index is 4.40. The Morgan fingerprint density at radius 2 is 2.31 bits per heavy atom. The third kappa shape index (κ3) is 3.00. The first-order valence-corrected chi connectivity index (χ1v) is 6.61. The predicted octanol–water partition coefficient (Wildman–Crippen LogP) is 3.28. The van der Waals surface area contributed by atoms with E-state index in [1.54, 1.807) is 0 Å². The van der Waals surface area contributed by atoms with Crippen LogP contribution in [0.5, 0.6) is 0 Å². The van der Waals surface area contributed by atoms with Gasteiger partial charge in [-0.05, 0) is 31.6 Å². The second-order valence-electron chi connectivity index (χ2n) is 4.88. The van der Waals surface area contributed by atoms with Gasteiger partial charge in [-0.2, -0.15) is 5.10 Å². The van der Waals surface area contributed by atoms with E-state index >= 15 is 0 Å². The molecule has 1 saturated carbocycles. The van der Waals surface area contributed by atoms with Crippen molar-refractivity contribution in [3.8, 4) is 0 Å². The van der Waals surface area contributed by atoms with Gasteiger partial charge in [0.25, 0.3) is 0 Å². The van der Waals surface area contributed by atoms with Gasteiger partial charge in [-0.1, -0.05) is 20.3 Å². The van der Waals surface area contributed by atoms with Gasteiger partial charge in [0, 0.05) is 18.7 Å². The van der Waals surface area contributed by atoms with E-state index in [0.29, 0.717) is 6.04 Å². The van der Waals surface area contributed by atoms with Crippen molar-refractivity contribution in [1.82, 2.24) is 9.78 Å². The average molecular weight is 221 g/mol. The van der Waals surface area contributed by atoms with Crippen LogP contribution in [0.15, 0.2) is 12.3 Å². The molecular formula is C13H23N3. The number of hydrogen-bond acceptors (Lipinski definition) is 2. The Kier molecular flexibility index (Phi) is 3.86. The molecule has 0 aliphatic heterocycles. The SMILES string of the molecule is CCCC(CC)Nc1ccnn1CC1CC1. The Morgan fingerprint density at radius 3 is 2.94 bits per heavy atom. The summed E-state index contributed by atoms with van der Waals surface area (Å²) in [6.45, 7) is 5.58. The Balaban J connectivity index is 1.93.